The fraction of sp³-hybridized carbons (Fsp3) is 0.667. The molecular weight excluding hydrogens is 239 g/mol. The summed E-state index contributed by atoms with van der Waals surface area (Å²) in [5, 5.41) is 7.00. The van der Waals surface area contributed by atoms with Crippen LogP contribution < -0.4 is 0 Å². The molecule has 0 aromatic carbocycles. The van der Waals surface area contributed by atoms with E-state index in [2.05, 4.69) is 4.43 Å². The Labute approximate surface area is 91.2 Å². The summed E-state index contributed by atoms with van der Waals surface area (Å²) in [5.74, 6) is 0. The number of aliphatic hydroxyl groups is 1. The number of hydrogen-bond donors (Lipinski definition) is 2. The van der Waals surface area contributed by atoms with Crippen molar-refractivity contribution in [1.29, 1.82) is 0 Å². The first-order chi connectivity index (χ1) is 3.56. The zero-order valence-electron chi connectivity index (χ0n) is 8.30. The summed E-state index contributed by atoms with van der Waals surface area (Å²) in [5.41, 5.74) is 0. The molecule has 0 heterocycles. The molecule has 2 N–H and O–H groups in total. The molecule has 0 rings (SSSR count). The summed E-state index contributed by atoms with van der Waals surface area (Å²) < 4.78 is 4.63. The maximum Gasteiger partial charge on any atom is 2.00 e. The van der Waals surface area contributed by atoms with Gasteiger partial charge in [-0.1, -0.05) is 0 Å². The van der Waals surface area contributed by atoms with Crippen molar-refractivity contribution in [3.05, 3.63) is 14.9 Å². The summed E-state index contributed by atoms with van der Waals surface area (Å²) in [6, 6.07) is 0. The van der Waals surface area contributed by atoms with Crippen LogP contribution in [-0.2, 0) is 30.6 Å². The number of aliphatic hydroxyl groups excluding tert-OH is 1. The van der Waals surface area contributed by atoms with Crippen LogP contribution in [0.5, 0.6) is 0 Å². The monoisotopic (exact) mass is 258 g/mol. The van der Waals surface area contributed by atoms with Gasteiger partial charge in [-0.25, -0.2) is 0 Å². The van der Waals surface area contributed by atoms with Crippen molar-refractivity contribution in [2.45, 2.75) is 13.1 Å². The van der Waals surface area contributed by atoms with Gasteiger partial charge in [0.1, 0.15) is 0 Å². The molecule has 0 unspecified atom stereocenters. The third-order valence-corrected chi connectivity index (χ3v) is 1.50. The van der Waals surface area contributed by atoms with E-state index in [0.717, 1.165) is 7.11 Å². The molecule has 0 atom stereocenters. The van der Waals surface area contributed by atoms with Crippen LogP contribution in [-0.4, -0.2) is 32.7 Å². The van der Waals surface area contributed by atoms with Crippen LogP contribution in [0.1, 0.15) is 0 Å². The summed E-state index contributed by atoms with van der Waals surface area (Å²) in [4.78, 5) is 8.74. The van der Waals surface area contributed by atoms with E-state index in [4.69, 9.17) is 9.90 Å². The zero-order valence-corrected chi connectivity index (χ0v) is 11.8. The van der Waals surface area contributed by atoms with Crippen LogP contribution in [0.25, 0.3) is 0 Å². The predicted octanol–water partition coefficient (Wildman–Crippen LogP) is 0.833. The van der Waals surface area contributed by atoms with Gasteiger partial charge in [0.05, 0.1) is 0 Å². The second-order valence-corrected chi connectivity index (χ2v) is 4.95. The molecule has 3 nitrogen and oxygen atoms in total. The van der Waals surface area contributed by atoms with Gasteiger partial charge in [0.2, 0.25) is 0 Å². The van der Waals surface area contributed by atoms with Gasteiger partial charge in [-0.05, 0) is 13.1 Å². The fourth-order valence-electron chi connectivity index (χ4n) is 0. The van der Waals surface area contributed by atoms with E-state index in [0.29, 0.717) is 0 Å². The van der Waals surface area contributed by atoms with Crippen LogP contribution in [0.2, 0.25) is 13.1 Å². The summed E-state index contributed by atoms with van der Waals surface area (Å²) >= 11 is 0. The first-order valence-electron chi connectivity index (χ1n) is 2.28. The predicted molar refractivity (Wildman–Crippen MR) is 47.7 cm³/mol. The Morgan fingerprint density at radius 2 is 1.18 bits per heavy atom. The molecule has 0 aliphatic rings. The van der Waals surface area contributed by atoms with Crippen molar-refractivity contribution in [2.24, 2.45) is 0 Å². The Balaban J connectivity index is -0.0000000222. The van der Waals surface area contributed by atoms with Crippen molar-refractivity contribution < 1.29 is 40.5 Å². The minimum absolute atomic E-state index is 0. The largest absolute Gasteiger partial charge is 2.00 e. The molecule has 70 valence electrons. The molecular formula is C6H20O3SiZr. The Morgan fingerprint density at radius 3 is 1.18 bits per heavy atom. The fourth-order valence-corrected chi connectivity index (χ4v) is 0. The quantitative estimate of drug-likeness (QED) is 0.542. The van der Waals surface area contributed by atoms with Crippen LogP contribution in [0, 0.1) is 14.9 Å². The average Bonchev–Trinajstić information content (AvgIpc) is 1.71. The molecule has 0 spiro atoms. The first kappa shape index (κ1) is 29.6. The minimum Gasteiger partial charge on any atom is -0.411 e. The molecule has 0 amide bonds. The first-order valence-corrected chi connectivity index (χ1v) is 5.14. The van der Waals surface area contributed by atoms with Gasteiger partial charge in [0.25, 0.3) is 0 Å². The molecule has 0 saturated heterocycles. The van der Waals surface area contributed by atoms with Gasteiger partial charge in [0.15, 0.2) is 0 Å². The average molecular weight is 260 g/mol. The van der Waals surface area contributed by atoms with Crippen molar-refractivity contribution in [3.8, 4) is 0 Å². The second kappa shape index (κ2) is 17.2. The van der Waals surface area contributed by atoms with Crippen molar-refractivity contribution in [1.82, 2.24) is 0 Å². The summed E-state index contributed by atoms with van der Waals surface area (Å²) in [7, 11) is 0.389. The van der Waals surface area contributed by atoms with Crippen LogP contribution in [0.15, 0.2) is 0 Å². The van der Waals surface area contributed by atoms with E-state index in [9.17, 15) is 0 Å². The van der Waals surface area contributed by atoms with Crippen molar-refractivity contribution in [2.75, 3.05) is 14.2 Å². The normalized spacial score (nSPS) is 7.09. The third kappa shape index (κ3) is 55.9. The maximum absolute atomic E-state index is 8.74. The molecule has 0 aromatic heterocycles. The maximum atomic E-state index is 8.74. The summed E-state index contributed by atoms with van der Waals surface area (Å²) in [6.07, 6.45) is 0. The Kier molecular flexibility index (Phi) is 46.3. The van der Waals surface area contributed by atoms with E-state index in [1.807, 2.05) is 0 Å². The Hall–Kier alpha value is 0.980. The molecule has 0 aliphatic heterocycles. The smallest absolute Gasteiger partial charge is 0.411 e. The van der Waals surface area contributed by atoms with E-state index >= 15 is 0 Å². The molecule has 11 heavy (non-hydrogen) atoms. The molecule has 0 bridgehead atoms. The van der Waals surface area contributed by atoms with Crippen LogP contribution >= 0.6 is 0 Å². The molecule has 0 radical (unpaired) electrons. The van der Waals surface area contributed by atoms with Crippen LogP contribution in [0.3, 0.4) is 0 Å². The SMILES string of the molecule is CO.CO[Si](C)(C)O.[CH3-].[CH3-].[Zr+2]. The van der Waals surface area contributed by atoms with E-state index in [-0.39, 0.29) is 41.1 Å². The van der Waals surface area contributed by atoms with Gasteiger partial charge in [-0.15, -0.1) is 0 Å². The Morgan fingerprint density at radius 1 is 1.09 bits per heavy atom. The van der Waals surface area contributed by atoms with Gasteiger partial charge < -0.3 is 29.2 Å². The summed E-state index contributed by atoms with van der Waals surface area (Å²) in [6.45, 7) is 3.43. The molecule has 0 fully saturated rings. The second-order valence-electron chi connectivity index (χ2n) is 1.65. The van der Waals surface area contributed by atoms with Gasteiger partial charge >= 0.3 is 34.8 Å². The third-order valence-electron chi connectivity index (χ3n) is 0.500. The Bertz CT molecular complexity index is 47.6. The topological polar surface area (TPSA) is 49.7 Å². The standard InChI is InChI=1S/C3H10O2Si.CH4O.2CH3.Zr/c1-5-6(2,3)4;1-2;;;/h4H,1-3H3;2H,1H3;2*1H3;/q;;2*-1;+2. The molecule has 0 aliphatic carbocycles. The van der Waals surface area contributed by atoms with Gasteiger partial charge in [-0.3, -0.25) is 0 Å². The van der Waals surface area contributed by atoms with Crippen LogP contribution in [0.4, 0.5) is 0 Å². The molecule has 0 aromatic rings. The van der Waals surface area contributed by atoms with E-state index in [1.165, 1.54) is 7.11 Å². The number of rotatable bonds is 1. The number of hydrogen-bond acceptors (Lipinski definition) is 3. The van der Waals surface area contributed by atoms with Gasteiger partial charge in [-0.2, -0.15) is 0 Å². The van der Waals surface area contributed by atoms with Crippen molar-refractivity contribution >= 4 is 8.56 Å². The van der Waals surface area contributed by atoms with E-state index in [1.54, 1.807) is 13.1 Å². The zero-order chi connectivity index (χ0) is 7.21. The molecule has 5 heteroatoms. The molecule has 0 saturated carbocycles. The van der Waals surface area contributed by atoms with Gasteiger partial charge in [0, 0.05) is 14.2 Å². The van der Waals surface area contributed by atoms with Crippen molar-refractivity contribution in [3.63, 3.8) is 0 Å². The van der Waals surface area contributed by atoms with E-state index < -0.39 is 8.56 Å². The minimum atomic E-state index is -2.13.